The summed E-state index contributed by atoms with van der Waals surface area (Å²) in [5.74, 6) is -3.50. The molecule has 6 nitrogen and oxygen atoms in total. The number of fused-ring (bicyclic) bond motifs is 1. The molecule has 1 aliphatic heterocycles. The fourth-order valence-electron chi connectivity index (χ4n) is 4.08. The number of benzene rings is 1. The Balaban J connectivity index is 1.80. The second-order valence-electron chi connectivity index (χ2n) is 8.24. The summed E-state index contributed by atoms with van der Waals surface area (Å²) < 4.78 is 53.9. The van der Waals surface area contributed by atoms with Crippen molar-refractivity contribution in [1.29, 1.82) is 0 Å². The van der Waals surface area contributed by atoms with Gasteiger partial charge in [-0.15, -0.1) is 0 Å². The number of aromatic nitrogens is 2. The van der Waals surface area contributed by atoms with Crippen LogP contribution < -0.4 is 15.4 Å². The molecule has 174 valence electrons. The summed E-state index contributed by atoms with van der Waals surface area (Å²) in [6, 6.07) is 7.49. The van der Waals surface area contributed by atoms with Crippen LogP contribution in [0.15, 0.2) is 48.1 Å². The first-order valence-electron chi connectivity index (χ1n) is 10.4. The minimum atomic E-state index is -2.74. The Labute approximate surface area is 192 Å². The summed E-state index contributed by atoms with van der Waals surface area (Å²) in [4.78, 5) is 10.5. The Bertz CT molecular complexity index is 1270. The van der Waals surface area contributed by atoms with Crippen LogP contribution in [-0.2, 0) is 11.0 Å². The van der Waals surface area contributed by atoms with Crippen LogP contribution in [-0.4, -0.2) is 33.2 Å². The van der Waals surface area contributed by atoms with Crippen LogP contribution in [0, 0.1) is 18.7 Å². The highest BCUT2D eigenvalue weighted by Gasteiger charge is 2.42. The van der Waals surface area contributed by atoms with Gasteiger partial charge in [0.05, 0.1) is 5.52 Å². The third-order valence-electron chi connectivity index (χ3n) is 5.96. The molecule has 4 rings (SSSR count). The van der Waals surface area contributed by atoms with Gasteiger partial charge in [-0.2, -0.15) is 0 Å². The van der Waals surface area contributed by atoms with E-state index in [1.54, 1.807) is 12.1 Å². The Morgan fingerprint density at radius 2 is 2.09 bits per heavy atom. The van der Waals surface area contributed by atoms with E-state index in [1.165, 1.54) is 31.3 Å². The van der Waals surface area contributed by atoms with E-state index in [9.17, 15) is 17.4 Å². The van der Waals surface area contributed by atoms with Crippen molar-refractivity contribution < 1.29 is 17.4 Å². The van der Waals surface area contributed by atoms with Crippen molar-refractivity contribution in [2.45, 2.75) is 31.2 Å². The fraction of sp³-hybridized carbons (Fsp3) is 0.304. The Morgan fingerprint density at radius 3 is 2.79 bits per heavy atom. The lowest BCUT2D eigenvalue weighted by atomic mass is 9.94. The molecule has 1 aromatic carbocycles. The minimum Gasteiger partial charge on any atom is -0.355 e. The largest absolute Gasteiger partial charge is 0.355 e. The monoisotopic (exact) mass is 475 g/mol. The SMILES string of the molecule is C=C(Nc1ccnc(S(N)=O)c1)c1c(N2CCC(F)(F)C(C)C2)nc2ccc(F)cc2c1C. The van der Waals surface area contributed by atoms with Crippen molar-refractivity contribution in [3.05, 3.63) is 60.1 Å². The number of aryl methyl sites for hydroxylation is 1. The van der Waals surface area contributed by atoms with Gasteiger partial charge in [0.1, 0.15) is 27.6 Å². The van der Waals surface area contributed by atoms with Gasteiger partial charge in [-0.3, -0.25) is 0 Å². The average molecular weight is 476 g/mol. The van der Waals surface area contributed by atoms with Crippen LogP contribution in [0.25, 0.3) is 16.6 Å². The first-order valence-corrected chi connectivity index (χ1v) is 11.6. The molecule has 0 spiro atoms. The van der Waals surface area contributed by atoms with Gasteiger partial charge in [-0.25, -0.2) is 32.5 Å². The standard InChI is InChI=1S/C23H24F3N5OS/c1-13-12-31(9-7-23(13,25)26)22-21(14(2)18-10-16(24)4-5-19(18)30-22)15(3)29-17-6-8-28-20(11-17)33(27)32/h4-6,8,10-11,13H,3,7,9,12,27H2,1-2H3,(H,28,29). The Hall–Kier alpha value is -2.98. The number of alkyl halides is 2. The summed E-state index contributed by atoms with van der Waals surface area (Å²) in [5, 5.41) is 9.37. The highest BCUT2D eigenvalue weighted by molar-refractivity contribution is 7.82. The van der Waals surface area contributed by atoms with Gasteiger partial charge in [-0.05, 0) is 42.8 Å². The van der Waals surface area contributed by atoms with Gasteiger partial charge in [-0.1, -0.05) is 13.5 Å². The summed E-state index contributed by atoms with van der Waals surface area (Å²) in [6.45, 7) is 7.74. The number of nitrogens with two attached hydrogens (primary N) is 1. The number of nitrogens with one attached hydrogen (secondary N) is 1. The molecule has 1 aliphatic rings. The van der Waals surface area contributed by atoms with Crippen LogP contribution in [0.3, 0.4) is 0 Å². The smallest absolute Gasteiger partial charge is 0.254 e. The molecule has 33 heavy (non-hydrogen) atoms. The number of pyridine rings is 2. The van der Waals surface area contributed by atoms with Crippen molar-refractivity contribution in [1.82, 2.24) is 9.97 Å². The van der Waals surface area contributed by atoms with E-state index >= 15 is 0 Å². The van der Waals surface area contributed by atoms with Gasteiger partial charge in [0.25, 0.3) is 5.92 Å². The normalized spacial score (nSPS) is 18.8. The number of hydrogen-bond acceptors (Lipinski definition) is 5. The zero-order valence-corrected chi connectivity index (χ0v) is 19.1. The molecule has 0 amide bonds. The van der Waals surface area contributed by atoms with E-state index in [0.29, 0.717) is 39.2 Å². The second-order valence-corrected chi connectivity index (χ2v) is 9.25. The lowest BCUT2D eigenvalue weighted by molar-refractivity contribution is -0.0652. The molecule has 3 aromatic rings. The number of hydrogen-bond donors (Lipinski definition) is 2. The third kappa shape index (κ3) is 4.58. The topological polar surface area (TPSA) is 84.1 Å². The molecule has 0 bridgehead atoms. The first-order chi connectivity index (χ1) is 15.6. The van der Waals surface area contributed by atoms with Crippen LogP contribution in [0.2, 0.25) is 0 Å². The number of nitrogens with zero attached hydrogens (tertiary/aromatic N) is 3. The molecule has 3 N–H and O–H groups in total. The van der Waals surface area contributed by atoms with Crippen LogP contribution >= 0.6 is 0 Å². The van der Waals surface area contributed by atoms with Crippen molar-refractivity contribution in [2.24, 2.45) is 11.1 Å². The van der Waals surface area contributed by atoms with Crippen molar-refractivity contribution >= 4 is 39.1 Å². The molecule has 1 saturated heterocycles. The van der Waals surface area contributed by atoms with Gasteiger partial charge >= 0.3 is 0 Å². The minimum absolute atomic E-state index is 0.123. The van der Waals surface area contributed by atoms with Gasteiger partial charge < -0.3 is 10.2 Å². The lowest BCUT2D eigenvalue weighted by Gasteiger charge is -2.38. The average Bonchev–Trinajstić information content (AvgIpc) is 2.76. The lowest BCUT2D eigenvalue weighted by Crippen LogP contribution is -2.46. The zero-order valence-electron chi connectivity index (χ0n) is 18.2. The van der Waals surface area contributed by atoms with Gasteiger partial charge in [0.2, 0.25) is 0 Å². The predicted octanol–water partition coefficient (Wildman–Crippen LogP) is 4.62. The number of piperidine rings is 1. The zero-order chi connectivity index (χ0) is 23.9. The summed E-state index contributed by atoms with van der Waals surface area (Å²) in [5.41, 5.74) is 2.86. The maximum Gasteiger partial charge on any atom is 0.254 e. The number of anilines is 2. The summed E-state index contributed by atoms with van der Waals surface area (Å²) in [6.07, 6.45) is 1.18. The molecular weight excluding hydrogens is 451 g/mol. The molecule has 2 atom stereocenters. The quantitative estimate of drug-likeness (QED) is 0.563. The van der Waals surface area contributed by atoms with Crippen molar-refractivity contribution in [3.8, 4) is 0 Å². The Morgan fingerprint density at radius 1 is 1.33 bits per heavy atom. The van der Waals surface area contributed by atoms with Crippen LogP contribution in [0.1, 0.15) is 24.5 Å². The van der Waals surface area contributed by atoms with E-state index < -0.39 is 28.6 Å². The number of halogens is 3. The molecule has 1 fully saturated rings. The second kappa shape index (κ2) is 8.75. The third-order valence-corrected chi connectivity index (χ3v) is 6.59. The summed E-state index contributed by atoms with van der Waals surface area (Å²) in [7, 11) is -1.76. The maximum absolute atomic E-state index is 14.2. The number of rotatable bonds is 5. The maximum atomic E-state index is 14.2. The first kappa shape index (κ1) is 23.2. The van der Waals surface area contributed by atoms with Crippen LogP contribution in [0.4, 0.5) is 24.7 Å². The highest BCUT2D eigenvalue weighted by Crippen LogP contribution is 2.39. The van der Waals surface area contributed by atoms with Gasteiger partial charge in [0, 0.05) is 54.0 Å². The van der Waals surface area contributed by atoms with E-state index in [0.717, 1.165) is 0 Å². The van der Waals surface area contributed by atoms with Crippen LogP contribution in [0.5, 0.6) is 0 Å². The van der Waals surface area contributed by atoms with Gasteiger partial charge in [0.15, 0.2) is 0 Å². The van der Waals surface area contributed by atoms with E-state index in [2.05, 4.69) is 16.9 Å². The van der Waals surface area contributed by atoms with E-state index in [4.69, 9.17) is 10.1 Å². The highest BCUT2D eigenvalue weighted by atomic mass is 32.2. The molecule has 10 heteroatoms. The van der Waals surface area contributed by atoms with Crippen molar-refractivity contribution in [2.75, 3.05) is 23.3 Å². The molecule has 0 saturated carbocycles. The summed E-state index contributed by atoms with van der Waals surface area (Å²) >= 11 is 0. The molecule has 2 unspecified atom stereocenters. The molecule has 3 heterocycles. The molecule has 0 radical (unpaired) electrons. The molecule has 0 aliphatic carbocycles. The fourth-order valence-corrected chi connectivity index (χ4v) is 4.49. The molecular formula is C23H24F3N5OS. The Kier molecular flexibility index (Phi) is 6.15. The predicted molar refractivity (Wildman–Crippen MR) is 125 cm³/mol. The molecule has 2 aromatic heterocycles. The van der Waals surface area contributed by atoms with E-state index in [1.807, 2.05) is 11.8 Å². The van der Waals surface area contributed by atoms with E-state index in [-0.39, 0.29) is 24.5 Å². The van der Waals surface area contributed by atoms with Crippen molar-refractivity contribution in [3.63, 3.8) is 0 Å².